The molecular formula is C10H17N5O16P4. The van der Waals surface area contributed by atoms with Gasteiger partial charge in [0.2, 0.25) is 0 Å². The second-order valence-corrected chi connectivity index (χ2v) is 12.6. The summed E-state index contributed by atoms with van der Waals surface area (Å²) in [5.74, 6) is 0.00862. The highest BCUT2D eigenvalue weighted by molar-refractivity contribution is 7.69. The van der Waals surface area contributed by atoms with Gasteiger partial charge < -0.3 is 45.2 Å². The van der Waals surface area contributed by atoms with E-state index < -0.39 is 62.4 Å². The third-order valence-corrected chi connectivity index (χ3v) is 9.48. The minimum absolute atomic E-state index is 0.00862. The topological polar surface area (TPSA) is 326 Å². The number of aliphatic hydroxyl groups is 2. The lowest BCUT2D eigenvalue weighted by atomic mass is 10.1. The zero-order valence-electron chi connectivity index (χ0n) is 16.6. The number of hydrogen-bond acceptors (Lipinski definition) is 15. The summed E-state index contributed by atoms with van der Waals surface area (Å²) in [5, 5.41) is 20.5. The van der Waals surface area contributed by atoms with Crippen LogP contribution in [0.4, 0.5) is 5.82 Å². The van der Waals surface area contributed by atoms with E-state index in [0.717, 1.165) is 12.7 Å². The third kappa shape index (κ3) is 7.18. The molecule has 2 aromatic heterocycles. The molecular weight excluding hydrogens is 570 g/mol. The summed E-state index contributed by atoms with van der Waals surface area (Å²) < 4.78 is 67.0. The molecule has 0 saturated carbocycles. The Labute approximate surface area is 193 Å². The van der Waals surface area contributed by atoms with Gasteiger partial charge in [-0.05, 0) is 0 Å². The molecule has 1 aliphatic rings. The van der Waals surface area contributed by atoms with Crippen LogP contribution in [0.15, 0.2) is 12.7 Å². The number of anilines is 1. The molecule has 0 bridgehead atoms. The average Bonchev–Trinajstić information content (AvgIpc) is 3.19. The van der Waals surface area contributed by atoms with Crippen LogP contribution in [0.5, 0.6) is 0 Å². The molecule has 0 aliphatic carbocycles. The lowest BCUT2D eigenvalue weighted by molar-refractivity contribution is -0.0503. The number of aromatic nitrogens is 4. The van der Waals surface area contributed by atoms with Crippen LogP contribution in [-0.4, -0.2) is 79.1 Å². The van der Waals surface area contributed by atoms with Gasteiger partial charge in [-0.15, -0.1) is 0 Å². The molecule has 198 valence electrons. The molecule has 0 radical (unpaired) electrons. The summed E-state index contributed by atoms with van der Waals surface area (Å²) in [6.45, 7) is -1.05. The molecule has 21 nitrogen and oxygen atoms in total. The Balaban J connectivity index is 1.65. The van der Waals surface area contributed by atoms with Crippen molar-refractivity contribution in [3.05, 3.63) is 12.7 Å². The van der Waals surface area contributed by atoms with E-state index in [1.807, 2.05) is 0 Å². The molecule has 1 fully saturated rings. The van der Waals surface area contributed by atoms with Crippen LogP contribution in [0.1, 0.15) is 6.23 Å². The van der Waals surface area contributed by atoms with Gasteiger partial charge in [-0.25, -0.2) is 33.2 Å². The Morgan fingerprint density at radius 3 is 2.14 bits per heavy atom. The summed E-state index contributed by atoms with van der Waals surface area (Å²) in [7, 11) is -23.3. The fourth-order valence-electron chi connectivity index (χ4n) is 2.77. The van der Waals surface area contributed by atoms with Gasteiger partial charge in [0.15, 0.2) is 17.7 Å². The molecule has 2 aromatic rings. The highest BCUT2D eigenvalue weighted by Gasteiger charge is 2.48. The SMILES string of the molecule is Nc1ncnc2c1ncn2C1O[C@H](COP(=O)(O)OP(=O)(O)OP(=O)(O)OP(=O)(O)O)[C@@H](O)[C@H]1O. The summed E-state index contributed by atoms with van der Waals surface area (Å²) >= 11 is 0. The van der Waals surface area contributed by atoms with Crippen molar-refractivity contribution in [3.63, 3.8) is 0 Å². The summed E-state index contributed by atoms with van der Waals surface area (Å²) in [6.07, 6.45) is -4.05. The maximum absolute atomic E-state index is 12.0. The van der Waals surface area contributed by atoms with Gasteiger partial charge in [0.1, 0.15) is 30.2 Å². The highest BCUT2D eigenvalue weighted by Crippen LogP contribution is 2.70. The Morgan fingerprint density at radius 1 is 0.914 bits per heavy atom. The van der Waals surface area contributed by atoms with Gasteiger partial charge in [0.25, 0.3) is 0 Å². The number of fused-ring (bicyclic) bond motifs is 1. The molecule has 3 heterocycles. The maximum atomic E-state index is 12.0. The average molecular weight is 587 g/mol. The second kappa shape index (κ2) is 9.92. The van der Waals surface area contributed by atoms with Crippen LogP contribution in [0.25, 0.3) is 11.2 Å². The summed E-state index contributed by atoms with van der Waals surface area (Å²) in [6, 6.07) is 0. The second-order valence-electron chi connectivity index (χ2n) is 6.57. The number of ether oxygens (including phenoxy) is 1. The van der Waals surface area contributed by atoms with Crippen molar-refractivity contribution in [1.82, 2.24) is 19.5 Å². The standard InChI is InChI=1S/C10H17N5O16P4/c11-8-5-9(13-2-12-8)15(3-14-5)10-7(17)6(16)4(28-10)1-27-33(21,22)30-35(25,26)31-34(23,24)29-32(18,19)20/h2-4,6-7,10,16-17H,1H2,(H,21,22)(H,23,24)(H,25,26)(H2,11,12,13)(H2,18,19,20)/t4-,6-,7-,10?/m1/s1. The summed E-state index contributed by atoms with van der Waals surface area (Å²) in [4.78, 5) is 56.5. The number of nitrogens with two attached hydrogens (primary N) is 1. The van der Waals surface area contributed by atoms with Crippen molar-refractivity contribution in [3.8, 4) is 0 Å². The van der Waals surface area contributed by atoms with E-state index in [0.29, 0.717) is 0 Å². The van der Waals surface area contributed by atoms with Crippen molar-refractivity contribution in [1.29, 1.82) is 0 Å². The van der Waals surface area contributed by atoms with E-state index in [2.05, 4.69) is 32.4 Å². The number of phosphoric acid groups is 4. The molecule has 4 unspecified atom stereocenters. The Morgan fingerprint density at radius 2 is 1.51 bits per heavy atom. The van der Waals surface area contributed by atoms with Crippen molar-refractivity contribution >= 4 is 48.3 Å². The fourth-order valence-corrected chi connectivity index (χ4v) is 7.23. The lowest BCUT2D eigenvalue weighted by Gasteiger charge is -2.20. The minimum atomic E-state index is -6.00. The van der Waals surface area contributed by atoms with Gasteiger partial charge in [0, 0.05) is 0 Å². The van der Waals surface area contributed by atoms with E-state index >= 15 is 0 Å². The molecule has 0 spiro atoms. The predicted octanol–water partition coefficient (Wildman–Crippen LogP) is -1.51. The zero-order valence-corrected chi connectivity index (χ0v) is 20.2. The van der Waals surface area contributed by atoms with Crippen LogP contribution >= 0.6 is 31.3 Å². The monoisotopic (exact) mass is 587 g/mol. The Hall–Kier alpha value is -1.21. The van der Waals surface area contributed by atoms with Gasteiger partial charge in [0.05, 0.1) is 12.9 Å². The number of phosphoric ester groups is 1. The highest BCUT2D eigenvalue weighted by atomic mass is 31.3. The molecule has 3 rings (SSSR count). The molecule has 1 aliphatic heterocycles. The zero-order chi connectivity index (χ0) is 26.4. The number of hydrogen-bond donors (Lipinski definition) is 8. The number of nitrogens with zero attached hydrogens (tertiary/aromatic N) is 4. The van der Waals surface area contributed by atoms with Crippen molar-refractivity contribution in [2.24, 2.45) is 0 Å². The smallest absolute Gasteiger partial charge is 0.387 e. The first-order valence-corrected chi connectivity index (χ1v) is 14.7. The van der Waals surface area contributed by atoms with Crippen molar-refractivity contribution in [2.75, 3.05) is 12.3 Å². The fraction of sp³-hybridized carbons (Fsp3) is 0.500. The van der Waals surface area contributed by atoms with Crippen LogP contribution < -0.4 is 5.73 Å². The van der Waals surface area contributed by atoms with Gasteiger partial charge in [-0.3, -0.25) is 9.09 Å². The maximum Gasteiger partial charge on any atom is 0.490 e. The molecule has 1 saturated heterocycles. The number of imidazole rings is 1. The predicted molar refractivity (Wildman–Crippen MR) is 106 cm³/mol. The molecule has 35 heavy (non-hydrogen) atoms. The van der Waals surface area contributed by atoms with Crippen LogP contribution in [0, 0.1) is 0 Å². The van der Waals surface area contributed by atoms with Crippen molar-refractivity contribution < 1.29 is 75.1 Å². The molecule has 9 N–H and O–H groups in total. The van der Waals surface area contributed by atoms with E-state index in [1.165, 1.54) is 4.57 Å². The molecule has 0 amide bonds. The van der Waals surface area contributed by atoms with Crippen LogP contribution in [-0.2, 0) is 40.5 Å². The van der Waals surface area contributed by atoms with E-state index in [9.17, 15) is 38.3 Å². The first kappa shape index (κ1) is 28.4. The first-order valence-electron chi connectivity index (χ1n) is 8.67. The quantitative estimate of drug-likeness (QED) is 0.146. The first-order chi connectivity index (χ1) is 15.9. The van der Waals surface area contributed by atoms with Gasteiger partial charge in [-0.2, -0.15) is 12.9 Å². The van der Waals surface area contributed by atoms with Crippen LogP contribution in [0.3, 0.4) is 0 Å². The largest absolute Gasteiger partial charge is 0.490 e. The van der Waals surface area contributed by atoms with E-state index in [4.69, 9.17) is 25.2 Å². The van der Waals surface area contributed by atoms with Crippen molar-refractivity contribution in [2.45, 2.75) is 24.5 Å². The molecule has 7 atom stereocenters. The van der Waals surface area contributed by atoms with E-state index in [-0.39, 0.29) is 17.0 Å². The number of aliphatic hydroxyl groups excluding tert-OH is 2. The normalized spacial score (nSPS) is 28.4. The van der Waals surface area contributed by atoms with Crippen LogP contribution in [0.2, 0.25) is 0 Å². The summed E-state index contributed by atoms with van der Waals surface area (Å²) in [5.41, 5.74) is 5.92. The lowest BCUT2D eigenvalue weighted by Crippen LogP contribution is -2.33. The number of rotatable bonds is 10. The van der Waals surface area contributed by atoms with E-state index in [1.54, 1.807) is 0 Å². The number of nitrogen functional groups attached to an aromatic ring is 1. The Kier molecular flexibility index (Phi) is 8.04. The van der Waals surface area contributed by atoms with Gasteiger partial charge >= 0.3 is 31.3 Å². The molecule has 25 heteroatoms. The minimum Gasteiger partial charge on any atom is -0.387 e. The molecule has 0 aromatic carbocycles. The Bertz CT molecular complexity index is 1280. The third-order valence-electron chi connectivity index (χ3n) is 4.02. The van der Waals surface area contributed by atoms with Gasteiger partial charge in [-0.1, -0.05) is 0 Å².